The minimum Gasteiger partial charge on any atom is -0.473 e. The number of piperidine rings is 1. The third kappa shape index (κ3) is 3.81. The molecule has 0 spiro atoms. The first kappa shape index (κ1) is 17.2. The number of fused-ring (bicyclic) bond motifs is 1. The summed E-state index contributed by atoms with van der Waals surface area (Å²) in [5.74, 6) is 0.0703. The second-order valence-corrected chi connectivity index (χ2v) is 6.45. The predicted molar refractivity (Wildman–Crippen MR) is 100 cm³/mol. The van der Waals surface area contributed by atoms with E-state index in [1.807, 2.05) is 24.3 Å². The number of hydrogen-bond acceptors (Lipinski definition) is 4. The number of rotatable bonds is 3. The lowest BCUT2D eigenvalue weighted by molar-refractivity contribution is 0.112. The van der Waals surface area contributed by atoms with Gasteiger partial charge in [0, 0.05) is 36.7 Å². The minimum atomic E-state index is -0.446. The minimum absolute atomic E-state index is 0.0392. The monoisotopic (exact) mass is 366 g/mol. The number of halogens is 1. The van der Waals surface area contributed by atoms with E-state index in [-0.39, 0.29) is 17.8 Å². The highest BCUT2D eigenvalue weighted by atomic mass is 19.1. The van der Waals surface area contributed by atoms with Gasteiger partial charge in [0.05, 0.1) is 11.9 Å². The molecule has 1 N–H and O–H groups in total. The predicted octanol–water partition coefficient (Wildman–Crippen LogP) is 3.84. The van der Waals surface area contributed by atoms with E-state index in [1.165, 1.54) is 6.07 Å². The van der Waals surface area contributed by atoms with Gasteiger partial charge in [0.1, 0.15) is 11.9 Å². The number of hydrogen-bond donors (Lipinski definition) is 1. The molecule has 1 aliphatic heterocycles. The normalized spacial score (nSPS) is 14.9. The van der Waals surface area contributed by atoms with Crippen LogP contribution in [0.3, 0.4) is 0 Å². The molecular weight excluding hydrogens is 347 g/mol. The average molecular weight is 366 g/mol. The largest absolute Gasteiger partial charge is 0.473 e. The number of urea groups is 1. The van der Waals surface area contributed by atoms with Crippen molar-refractivity contribution in [3.05, 3.63) is 60.5 Å². The maximum atomic E-state index is 13.7. The zero-order valence-electron chi connectivity index (χ0n) is 14.6. The Kier molecular flexibility index (Phi) is 4.82. The van der Waals surface area contributed by atoms with Crippen molar-refractivity contribution < 1.29 is 13.9 Å². The Hall–Kier alpha value is -3.22. The Morgan fingerprint density at radius 3 is 2.67 bits per heavy atom. The molecule has 1 aromatic heterocycles. The van der Waals surface area contributed by atoms with Crippen molar-refractivity contribution in [3.63, 3.8) is 0 Å². The highest BCUT2D eigenvalue weighted by Gasteiger charge is 2.25. The summed E-state index contributed by atoms with van der Waals surface area (Å²) in [5, 5.41) is 12.6. The molecule has 1 aliphatic rings. The molecule has 2 amide bonds. The number of ether oxygens (including phenoxy) is 1. The molecule has 0 radical (unpaired) electrons. The number of anilines is 1. The van der Waals surface area contributed by atoms with E-state index >= 15 is 0 Å². The van der Waals surface area contributed by atoms with Gasteiger partial charge in [0.15, 0.2) is 0 Å². The molecule has 1 saturated heterocycles. The molecule has 2 aromatic carbocycles. The molecule has 0 saturated carbocycles. The van der Waals surface area contributed by atoms with Crippen LogP contribution in [0.5, 0.6) is 5.88 Å². The van der Waals surface area contributed by atoms with Crippen LogP contribution in [-0.4, -0.2) is 40.3 Å². The van der Waals surface area contributed by atoms with Crippen molar-refractivity contribution in [2.75, 3.05) is 18.4 Å². The average Bonchev–Trinajstić information content (AvgIpc) is 2.70. The Labute approximate surface area is 156 Å². The first-order chi connectivity index (χ1) is 13.2. The summed E-state index contributed by atoms with van der Waals surface area (Å²) >= 11 is 0. The van der Waals surface area contributed by atoms with Crippen LogP contribution in [-0.2, 0) is 0 Å². The number of nitrogens with one attached hydrogen (secondary N) is 1. The first-order valence-electron chi connectivity index (χ1n) is 8.88. The Morgan fingerprint density at radius 2 is 1.85 bits per heavy atom. The molecule has 0 unspecified atom stereocenters. The molecule has 3 aromatic rings. The molecule has 7 heteroatoms. The smallest absolute Gasteiger partial charge is 0.321 e. The van der Waals surface area contributed by atoms with Crippen LogP contribution < -0.4 is 10.1 Å². The molecule has 2 heterocycles. The molecular formula is C20H19FN4O2. The number of carbonyl (C=O) groups excluding carboxylic acids is 1. The third-order valence-electron chi connectivity index (χ3n) is 4.66. The van der Waals surface area contributed by atoms with Crippen LogP contribution in [0, 0.1) is 5.82 Å². The molecule has 1 fully saturated rings. The van der Waals surface area contributed by atoms with E-state index in [9.17, 15) is 9.18 Å². The van der Waals surface area contributed by atoms with Crippen molar-refractivity contribution in [2.45, 2.75) is 18.9 Å². The standard InChI is InChI=1S/C20H19FN4O2/c21-17-7-3-4-8-18(17)23-20(26)25-11-9-15(10-12-25)27-19-16-6-2-1-5-14(16)13-22-24-19/h1-8,13,15H,9-12H2,(H,23,26). The maximum Gasteiger partial charge on any atom is 0.321 e. The third-order valence-corrected chi connectivity index (χ3v) is 4.66. The second kappa shape index (κ2) is 7.57. The van der Waals surface area contributed by atoms with Gasteiger partial charge in [-0.15, -0.1) is 5.10 Å². The highest BCUT2D eigenvalue weighted by molar-refractivity contribution is 5.89. The van der Waals surface area contributed by atoms with Gasteiger partial charge in [-0.05, 0) is 18.2 Å². The van der Waals surface area contributed by atoms with E-state index in [2.05, 4.69) is 15.5 Å². The van der Waals surface area contributed by atoms with Gasteiger partial charge >= 0.3 is 6.03 Å². The Morgan fingerprint density at radius 1 is 1.11 bits per heavy atom. The van der Waals surface area contributed by atoms with Crippen LogP contribution in [0.2, 0.25) is 0 Å². The SMILES string of the molecule is O=C(Nc1ccccc1F)N1CCC(Oc2nncc3ccccc23)CC1. The summed E-state index contributed by atoms with van der Waals surface area (Å²) in [5.41, 5.74) is 0.187. The fourth-order valence-corrected chi connectivity index (χ4v) is 3.18. The number of nitrogens with zero attached hydrogens (tertiary/aromatic N) is 3. The number of para-hydroxylation sites is 1. The molecule has 0 atom stereocenters. The highest BCUT2D eigenvalue weighted by Crippen LogP contribution is 2.25. The number of benzene rings is 2. The molecule has 0 bridgehead atoms. The van der Waals surface area contributed by atoms with E-state index in [4.69, 9.17) is 4.74 Å². The van der Waals surface area contributed by atoms with Crippen molar-refractivity contribution in [1.82, 2.24) is 15.1 Å². The van der Waals surface area contributed by atoms with Gasteiger partial charge in [-0.3, -0.25) is 0 Å². The van der Waals surface area contributed by atoms with Crippen LogP contribution in [0.25, 0.3) is 10.8 Å². The van der Waals surface area contributed by atoms with Gasteiger partial charge < -0.3 is 15.0 Å². The Balaban J connectivity index is 1.36. The lowest BCUT2D eigenvalue weighted by Crippen LogP contribution is -2.43. The molecule has 4 rings (SSSR count). The molecule has 0 aliphatic carbocycles. The van der Waals surface area contributed by atoms with Crippen LogP contribution in [0.15, 0.2) is 54.7 Å². The second-order valence-electron chi connectivity index (χ2n) is 6.45. The van der Waals surface area contributed by atoms with Crippen LogP contribution >= 0.6 is 0 Å². The van der Waals surface area contributed by atoms with E-state index in [1.54, 1.807) is 29.3 Å². The quantitative estimate of drug-likeness (QED) is 0.765. The van der Waals surface area contributed by atoms with E-state index in [0.29, 0.717) is 31.8 Å². The zero-order valence-corrected chi connectivity index (χ0v) is 14.6. The number of carbonyl (C=O) groups is 1. The molecule has 6 nitrogen and oxygen atoms in total. The van der Waals surface area contributed by atoms with Crippen molar-refractivity contribution in [3.8, 4) is 5.88 Å². The summed E-state index contributed by atoms with van der Waals surface area (Å²) in [6.07, 6.45) is 3.02. The first-order valence-corrected chi connectivity index (χ1v) is 8.88. The van der Waals surface area contributed by atoms with Crippen molar-refractivity contribution in [1.29, 1.82) is 0 Å². The van der Waals surface area contributed by atoms with Crippen molar-refractivity contribution >= 4 is 22.5 Å². The Bertz CT molecular complexity index is 952. The lowest BCUT2D eigenvalue weighted by Gasteiger charge is -2.32. The van der Waals surface area contributed by atoms with Gasteiger partial charge in [-0.1, -0.05) is 30.3 Å². The fourth-order valence-electron chi connectivity index (χ4n) is 3.18. The topological polar surface area (TPSA) is 67.4 Å². The van der Waals surface area contributed by atoms with Gasteiger partial charge in [-0.25, -0.2) is 9.18 Å². The van der Waals surface area contributed by atoms with Crippen LogP contribution in [0.1, 0.15) is 12.8 Å². The number of amides is 2. The maximum absolute atomic E-state index is 13.7. The molecule has 27 heavy (non-hydrogen) atoms. The van der Waals surface area contributed by atoms with Gasteiger partial charge in [0.2, 0.25) is 5.88 Å². The number of likely N-dealkylation sites (tertiary alicyclic amines) is 1. The molecule has 138 valence electrons. The van der Waals surface area contributed by atoms with E-state index in [0.717, 1.165) is 10.8 Å². The van der Waals surface area contributed by atoms with Crippen LogP contribution in [0.4, 0.5) is 14.9 Å². The lowest BCUT2D eigenvalue weighted by atomic mass is 10.1. The number of aromatic nitrogens is 2. The fraction of sp³-hybridized carbons (Fsp3) is 0.250. The summed E-state index contributed by atoms with van der Waals surface area (Å²) < 4.78 is 19.7. The zero-order chi connectivity index (χ0) is 18.6. The van der Waals surface area contributed by atoms with Gasteiger partial charge in [0.25, 0.3) is 0 Å². The summed E-state index contributed by atoms with van der Waals surface area (Å²) in [4.78, 5) is 14.0. The van der Waals surface area contributed by atoms with Gasteiger partial charge in [-0.2, -0.15) is 5.10 Å². The summed E-state index contributed by atoms with van der Waals surface area (Å²) in [6, 6.07) is 13.6. The van der Waals surface area contributed by atoms with E-state index < -0.39 is 5.82 Å². The van der Waals surface area contributed by atoms with Crippen molar-refractivity contribution in [2.24, 2.45) is 0 Å². The summed E-state index contributed by atoms with van der Waals surface area (Å²) in [7, 11) is 0. The summed E-state index contributed by atoms with van der Waals surface area (Å²) in [6.45, 7) is 1.06.